The quantitative estimate of drug-likeness (QED) is 0.899. The Labute approximate surface area is 117 Å². The fraction of sp³-hybridized carbons (Fsp3) is 0.647. The zero-order valence-electron chi connectivity index (χ0n) is 12.8. The smallest absolute Gasteiger partial charge is 0.0471 e. The molecule has 1 N–H and O–H groups in total. The van der Waals surface area contributed by atoms with Crippen molar-refractivity contribution >= 4 is 0 Å². The van der Waals surface area contributed by atoms with E-state index in [0.717, 1.165) is 19.8 Å². The van der Waals surface area contributed by atoms with Crippen molar-refractivity contribution in [1.29, 1.82) is 0 Å². The van der Waals surface area contributed by atoms with Crippen molar-refractivity contribution in [1.82, 2.24) is 5.32 Å². The molecule has 0 radical (unpaired) electrons. The first-order valence-electron chi connectivity index (χ1n) is 7.35. The molecule has 1 fully saturated rings. The Balaban J connectivity index is 2.26. The second-order valence-corrected chi connectivity index (χ2v) is 6.20. The van der Waals surface area contributed by atoms with Crippen LogP contribution in [-0.2, 0) is 11.2 Å². The van der Waals surface area contributed by atoms with Crippen molar-refractivity contribution in [2.24, 2.45) is 5.41 Å². The summed E-state index contributed by atoms with van der Waals surface area (Å²) < 4.78 is 5.56. The molecule has 1 saturated heterocycles. The largest absolute Gasteiger partial charge is 0.381 e. The Bertz CT molecular complexity index is 404. The second-order valence-electron chi connectivity index (χ2n) is 6.20. The fourth-order valence-electron chi connectivity index (χ4n) is 3.46. The lowest BCUT2D eigenvalue weighted by molar-refractivity contribution is 0.0157. The van der Waals surface area contributed by atoms with Crippen molar-refractivity contribution in [2.75, 3.05) is 26.8 Å². The SMILES string of the molecule is CNCC1(Cc2c(C)cc(C)cc2C)CCOCC1. The molecule has 0 amide bonds. The number of rotatable bonds is 4. The molecular formula is C17H27NO. The molecule has 1 aromatic rings. The van der Waals surface area contributed by atoms with Crippen LogP contribution in [0.25, 0.3) is 0 Å². The molecule has 1 heterocycles. The van der Waals surface area contributed by atoms with Gasteiger partial charge in [-0.1, -0.05) is 17.7 Å². The number of nitrogens with one attached hydrogen (secondary N) is 1. The summed E-state index contributed by atoms with van der Waals surface area (Å²) >= 11 is 0. The average molecular weight is 261 g/mol. The summed E-state index contributed by atoms with van der Waals surface area (Å²) in [6.07, 6.45) is 3.51. The van der Waals surface area contributed by atoms with Gasteiger partial charge in [0, 0.05) is 19.8 Å². The minimum absolute atomic E-state index is 0.373. The Morgan fingerprint density at radius 2 is 1.68 bits per heavy atom. The van der Waals surface area contributed by atoms with Gasteiger partial charge in [0.2, 0.25) is 0 Å². The third-order valence-electron chi connectivity index (χ3n) is 4.50. The van der Waals surface area contributed by atoms with E-state index in [4.69, 9.17) is 4.74 Å². The lowest BCUT2D eigenvalue weighted by atomic mass is 9.73. The normalized spacial score (nSPS) is 18.5. The Kier molecular flexibility index (Phi) is 4.64. The van der Waals surface area contributed by atoms with E-state index in [1.807, 2.05) is 0 Å². The molecule has 106 valence electrons. The molecule has 19 heavy (non-hydrogen) atoms. The van der Waals surface area contributed by atoms with E-state index in [1.54, 1.807) is 5.56 Å². The monoisotopic (exact) mass is 261 g/mol. The van der Waals surface area contributed by atoms with Gasteiger partial charge in [0.1, 0.15) is 0 Å². The van der Waals surface area contributed by atoms with Crippen molar-refractivity contribution in [3.63, 3.8) is 0 Å². The number of ether oxygens (including phenoxy) is 1. The van der Waals surface area contributed by atoms with Crippen molar-refractivity contribution in [3.05, 3.63) is 34.4 Å². The third-order valence-corrected chi connectivity index (χ3v) is 4.50. The lowest BCUT2D eigenvalue weighted by Gasteiger charge is -2.38. The molecule has 1 aromatic carbocycles. The van der Waals surface area contributed by atoms with Crippen LogP contribution in [0.1, 0.15) is 35.1 Å². The van der Waals surface area contributed by atoms with E-state index >= 15 is 0 Å². The van der Waals surface area contributed by atoms with Crippen molar-refractivity contribution in [3.8, 4) is 0 Å². The molecule has 1 aliphatic heterocycles. The van der Waals surface area contributed by atoms with Crippen LogP contribution >= 0.6 is 0 Å². The number of hydrogen-bond acceptors (Lipinski definition) is 2. The highest BCUT2D eigenvalue weighted by Gasteiger charge is 2.32. The Hall–Kier alpha value is -0.860. The van der Waals surface area contributed by atoms with Gasteiger partial charge in [0.25, 0.3) is 0 Å². The van der Waals surface area contributed by atoms with Gasteiger partial charge in [-0.15, -0.1) is 0 Å². The average Bonchev–Trinajstić information content (AvgIpc) is 2.35. The van der Waals surface area contributed by atoms with Crippen LogP contribution in [0.5, 0.6) is 0 Å². The van der Waals surface area contributed by atoms with Gasteiger partial charge in [0.05, 0.1) is 0 Å². The summed E-state index contributed by atoms with van der Waals surface area (Å²) in [5, 5.41) is 3.39. The van der Waals surface area contributed by atoms with Gasteiger partial charge in [0.15, 0.2) is 0 Å². The van der Waals surface area contributed by atoms with Gasteiger partial charge in [-0.2, -0.15) is 0 Å². The van der Waals surface area contributed by atoms with Crippen LogP contribution in [0.4, 0.5) is 0 Å². The zero-order chi connectivity index (χ0) is 13.9. The van der Waals surface area contributed by atoms with Crippen LogP contribution in [0.15, 0.2) is 12.1 Å². The van der Waals surface area contributed by atoms with Gasteiger partial charge in [-0.3, -0.25) is 0 Å². The van der Waals surface area contributed by atoms with Crippen molar-refractivity contribution in [2.45, 2.75) is 40.0 Å². The van der Waals surface area contributed by atoms with Gasteiger partial charge < -0.3 is 10.1 Å². The van der Waals surface area contributed by atoms with Crippen LogP contribution in [-0.4, -0.2) is 26.8 Å². The summed E-state index contributed by atoms with van der Waals surface area (Å²) in [4.78, 5) is 0. The Morgan fingerprint density at radius 3 is 2.21 bits per heavy atom. The summed E-state index contributed by atoms with van der Waals surface area (Å²) in [7, 11) is 2.06. The number of benzene rings is 1. The Morgan fingerprint density at radius 1 is 1.11 bits per heavy atom. The first-order chi connectivity index (χ1) is 9.06. The van der Waals surface area contributed by atoms with E-state index in [1.165, 1.54) is 36.0 Å². The molecule has 0 aromatic heterocycles. The zero-order valence-corrected chi connectivity index (χ0v) is 12.8. The highest BCUT2D eigenvalue weighted by atomic mass is 16.5. The number of hydrogen-bond donors (Lipinski definition) is 1. The van der Waals surface area contributed by atoms with Crippen LogP contribution in [0.2, 0.25) is 0 Å². The highest BCUT2D eigenvalue weighted by Crippen LogP contribution is 2.35. The van der Waals surface area contributed by atoms with E-state index < -0.39 is 0 Å². The third kappa shape index (κ3) is 3.37. The van der Waals surface area contributed by atoms with Gasteiger partial charge >= 0.3 is 0 Å². The van der Waals surface area contributed by atoms with Crippen molar-refractivity contribution < 1.29 is 4.74 Å². The van der Waals surface area contributed by atoms with E-state index in [9.17, 15) is 0 Å². The molecule has 0 spiro atoms. The molecule has 2 rings (SSSR count). The van der Waals surface area contributed by atoms with E-state index in [-0.39, 0.29) is 0 Å². The van der Waals surface area contributed by atoms with Gasteiger partial charge in [-0.25, -0.2) is 0 Å². The minimum Gasteiger partial charge on any atom is -0.381 e. The maximum Gasteiger partial charge on any atom is 0.0471 e. The van der Waals surface area contributed by atoms with Crippen LogP contribution in [0.3, 0.4) is 0 Å². The highest BCUT2D eigenvalue weighted by molar-refractivity contribution is 5.38. The molecule has 2 nitrogen and oxygen atoms in total. The van der Waals surface area contributed by atoms with Crippen LogP contribution < -0.4 is 5.32 Å². The summed E-state index contributed by atoms with van der Waals surface area (Å²) in [5.41, 5.74) is 6.17. The molecule has 0 bridgehead atoms. The lowest BCUT2D eigenvalue weighted by Crippen LogP contribution is -2.40. The molecule has 0 saturated carbocycles. The number of aryl methyl sites for hydroxylation is 3. The maximum atomic E-state index is 5.56. The summed E-state index contributed by atoms with van der Waals surface area (Å²) in [6.45, 7) is 9.59. The van der Waals surface area contributed by atoms with E-state index in [0.29, 0.717) is 5.41 Å². The minimum atomic E-state index is 0.373. The fourth-order valence-corrected chi connectivity index (χ4v) is 3.46. The second kappa shape index (κ2) is 6.06. The predicted molar refractivity (Wildman–Crippen MR) is 80.8 cm³/mol. The first kappa shape index (κ1) is 14.5. The molecule has 2 heteroatoms. The first-order valence-corrected chi connectivity index (χ1v) is 7.35. The standard InChI is InChI=1S/C17H27NO/c1-13-9-14(2)16(15(3)10-13)11-17(12-18-4)5-7-19-8-6-17/h9-10,18H,5-8,11-12H2,1-4H3. The summed E-state index contributed by atoms with van der Waals surface area (Å²) in [5.74, 6) is 0. The molecule has 0 atom stereocenters. The molecule has 0 unspecified atom stereocenters. The van der Waals surface area contributed by atoms with Crippen LogP contribution in [0, 0.1) is 26.2 Å². The predicted octanol–water partition coefficient (Wildman–Crippen LogP) is 3.17. The molecule has 1 aliphatic rings. The van der Waals surface area contributed by atoms with E-state index in [2.05, 4.69) is 45.3 Å². The van der Waals surface area contributed by atoms with Gasteiger partial charge in [-0.05, 0) is 69.2 Å². The maximum absolute atomic E-state index is 5.56. The summed E-state index contributed by atoms with van der Waals surface area (Å²) in [6, 6.07) is 4.63. The molecule has 0 aliphatic carbocycles. The molecular weight excluding hydrogens is 234 g/mol. The topological polar surface area (TPSA) is 21.3 Å².